The summed E-state index contributed by atoms with van der Waals surface area (Å²) >= 11 is 0. The van der Waals surface area contributed by atoms with Crippen LogP contribution in [0, 0.1) is 5.82 Å². The van der Waals surface area contributed by atoms with Crippen LogP contribution in [0.2, 0.25) is 0 Å². The standard InChI is InChI=1S/C26H24FN3O4/c1-16-23(25(31)29-20-6-4-3-5-7-20)24(30-26(32)28-16)18-10-13-21(22(14-18)33-2)34-15-17-8-11-19(27)12-9-17/h3-14,24H,15H2,1-2H3,(H,29,31)(H2,28,30,32)/t24-/m1/s1. The molecule has 0 unspecified atom stereocenters. The van der Waals surface area contributed by atoms with Crippen molar-refractivity contribution in [1.82, 2.24) is 10.6 Å². The van der Waals surface area contributed by atoms with Crippen molar-refractivity contribution in [3.63, 3.8) is 0 Å². The Morgan fingerprint density at radius 2 is 1.76 bits per heavy atom. The van der Waals surface area contributed by atoms with E-state index in [1.165, 1.54) is 19.2 Å². The Hall–Kier alpha value is -4.33. The molecule has 0 saturated heterocycles. The summed E-state index contributed by atoms with van der Waals surface area (Å²) in [6.45, 7) is 1.91. The molecular formula is C26H24FN3O4. The molecule has 0 aromatic heterocycles. The molecule has 1 aliphatic rings. The number of carbonyl (C=O) groups excluding carboxylic acids is 2. The van der Waals surface area contributed by atoms with Gasteiger partial charge in [-0.2, -0.15) is 0 Å². The zero-order chi connectivity index (χ0) is 24.1. The zero-order valence-electron chi connectivity index (χ0n) is 18.7. The quantitative estimate of drug-likeness (QED) is 0.477. The van der Waals surface area contributed by atoms with Crippen molar-refractivity contribution in [3.8, 4) is 11.5 Å². The zero-order valence-corrected chi connectivity index (χ0v) is 18.7. The van der Waals surface area contributed by atoms with Crippen LogP contribution < -0.4 is 25.4 Å². The first-order chi connectivity index (χ1) is 16.4. The number of para-hydroxylation sites is 1. The number of anilines is 1. The molecule has 0 radical (unpaired) electrons. The Kier molecular flexibility index (Phi) is 6.77. The Morgan fingerprint density at radius 3 is 2.47 bits per heavy atom. The summed E-state index contributed by atoms with van der Waals surface area (Å²) in [6.07, 6.45) is 0. The summed E-state index contributed by atoms with van der Waals surface area (Å²) in [4.78, 5) is 25.3. The summed E-state index contributed by atoms with van der Waals surface area (Å²) < 4.78 is 24.5. The maximum Gasteiger partial charge on any atom is 0.319 e. The number of hydrogen-bond donors (Lipinski definition) is 3. The molecule has 3 aromatic rings. The van der Waals surface area contributed by atoms with Gasteiger partial charge >= 0.3 is 6.03 Å². The maximum absolute atomic E-state index is 13.1. The second-order valence-electron chi connectivity index (χ2n) is 7.72. The van der Waals surface area contributed by atoms with Gasteiger partial charge in [0, 0.05) is 11.4 Å². The van der Waals surface area contributed by atoms with Crippen molar-refractivity contribution in [2.75, 3.05) is 12.4 Å². The number of halogens is 1. The number of allylic oxidation sites excluding steroid dienone is 1. The number of carbonyl (C=O) groups is 2. The minimum absolute atomic E-state index is 0.226. The molecule has 1 heterocycles. The highest BCUT2D eigenvalue weighted by Gasteiger charge is 2.31. The second-order valence-corrected chi connectivity index (χ2v) is 7.72. The van der Waals surface area contributed by atoms with Crippen molar-refractivity contribution >= 4 is 17.6 Å². The Morgan fingerprint density at radius 1 is 1.03 bits per heavy atom. The van der Waals surface area contributed by atoms with Gasteiger partial charge in [-0.3, -0.25) is 4.79 Å². The third-order valence-electron chi connectivity index (χ3n) is 5.37. The van der Waals surface area contributed by atoms with E-state index < -0.39 is 12.1 Å². The van der Waals surface area contributed by atoms with Gasteiger partial charge in [0.05, 0.1) is 18.7 Å². The summed E-state index contributed by atoms with van der Waals surface area (Å²) in [5.41, 5.74) is 2.93. The third-order valence-corrected chi connectivity index (χ3v) is 5.37. The normalized spacial score (nSPS) is 15.3. The van der Waals surface area contributed by atoms with Crippen LogP contribution in [0.5, 0.6) is 11.5 Å². The largest absolute Gasteiger partial charge is 0.493 e. The first-order valence-electron chi connectivity index (χ1n) is 10.6. The average molecular weight is 461 g/mol. The molecule has 0 fully saturated rings. The van der Waals surface area contributed by atoms with Gasteiger partial charge in [0.2, 0.25) is 0 Å². The molecule has 174 valence electrons. The van der Waals surface area contributed by atoms with Gasteiger partial charge in [0.15, 0.2) is 11.5 Å². The molecule has 3 amide bonds. The Balaban J connectivity index is 1.59. The molecule has 8 heteroatoms. The van der Waals surface area contributed by atoms with E-state index in [2.05, 4.69) is 16.0 Å². The topological polar surface area (TPSA) is 88.7 Å². The fourth-order valence-electron chi connectivity index (χ4n) is 3.69. The fourth-order valence-corrected chi connectivity index (χ4v) is 3.69. The summed E-state index contributed by atoms with van der Waals surface area (Å²) in [7, 11) is 1.51. The van der Waals surface area contributed by atoms with Crippen LogP contribution in [0.1, 0.15) is 24.1 Å². The smallest absolute Gasteiger partial charge is 0.319 e. The summed E-state index contributed by atoms with van der Waals surface area (Å²) in [5, 5.41) is 8.35. The molecule has 4 rings (SSSR count). The van der Waals surface area contributed by atoms with Crippen LogP contribution in [-0.4, -0.2) is 19.0 Å². The van der Waals surface area contributed by atoms with Crippen molar-refractivity contribution in [1.29, 1.82) is 0 Å². The highest BCUT2D eigenvalue weighted by atomic mass is 19.1. The average Bonchev–Trinajstić information content (AvgIpc) is 2.83. The lowest BCUT2D eigenvalue weighted by atomic mass is 9.94. The molecule has 0 bridgehead atoms. The molecule has 0 spiro atoms. The number of hydrogen-bond acceptors (Lipinski definition) is 4. The van der Waals surface area contributed by atoms with Crippen LogP contribution >= 0.6 is 0 Å². The molecule has 3 aromatic carbocycles. The molecular weight excluding hydrogens is 437 g/mol. The third kappa shape index (κ3) is 5.17. The summed E-state index contributed by atoms with van der Waals surface area (Å²) in [5.74, 6) is 0.265. The van der Waals surface area contributed by atoms with Crippen molar-refractivity contribution in [3.05, 3.63) is 101 Å². The van der Waals surface area contributed by atoms with Crippen LogP contribution in [0.4, 0.5) is 14.9 Å². The molecule has 0 aliphatic carbocycles. The van der Waals surface area contributed by atoms with Gasteiger partial charge in [-0.15, -0.1) is 0 Å². The lowest BCUT2D eigenvalue weighted by Crippen LogP contribution is -2.45. The van der Waals surface area contributed by atoms with Crippen LogP contribution in [-0.2, 0) is 11.4 Å². The van der Waals surface area contributed by atoms with E-state index in [1.54, 1.807) is 49.4 Å². The minimum Gasteiger partial charge on any atom is -0.493 e. The highest BCUT2D eigenvalue weighted by molar-refractivity contribution is 6.06. The first kappa shape index (κ1) is 22.8. The van der Waals surface area contributed by atoms with E-state index in [1.807, 2.05) is 18.2 Å². The molecule has 7 nitrogen and oxygen atoms in total. The van der Waals surface area contributed by atoms with Crippen molar-refractivity contribution in [2.24, 2.45) is 0 Å². The van der Waals surface area contributed by atoms with E-state index in [9.17, 15) is 14.0 Å². The van der Waals surface area contributed by atoms with E-state index in [4.69, 9.17) is 9.47 Å². The number of methoxy groups -OCH3 is 1. The van der Waals surface area contributed by atoms with E-state index >= 15 is 0 Å². The number of benzene rings is 3. The highest BCUT2D eigenvalue weighted by Crippen LogP contribution is 2.35. The van der Waals surface area contributed by atoms with Gasteiger partial charge < -0.3 is 25.4 Å². The minimum atomic E-state index is -0.697. The van der Waals surface area contributed by atoms with Gasteiger partial charge in [-0.1, -0.05) is 36.4 Å². The monoisotopic (exact) mass is 461 g/mol. The molecule has 1 aliphatic heterocycles. The lowest BCUT2D eigenvalue weighted by molar-refractivity contribution is -0.113. The van der Waals surface area contributed by atoms with Gasteiger partial charge in [0.25, 0.3) is 5.91 Å². The van der Waals surface area contributed by atoms with E-state index in [-0.39, 0.29) is 18.3 Å². The summed E-state index contributed by atoms with van der Waals surface area (Å²) in [6, 6.07) is 19.2. The van der Waals surface area contributed by atoms with Crippen molar-refractivity contribution < 1.29 is 23.5 Å². The van der Waals surface area contributed by atoms with Gasteiger partial charge in [-0.25, -0.2) is 9.18 Å². The fraction of sp³-hybridized carbons (Fsp3) is 0.154. The Bertz CT molecular complexity index is 1230. The molecule has 0 saturated carbocycles. The Labute approximate surface area is 196 Å². The maximum atomic E-state index is 13.1. The van der Waals surface area contributed by atoms with Crippen LogP contribution in [0.15, 0.2) is 84.1 Å². The SMILES string of the molecule is COc1cc([C@H]2NC(=O)NC(C)=C2C(=O)Nc2ccccc2)ccc1OCc1ccc(F)cc1. The van der Waals surface area contributed by atoms with Gasteiger partial charge in [0.1, 0.15) is 12.4 Å². The molecule has 1 atom stereocenters. The van der Waals surface area contributed by atoms with E-state index in [0.717, 1.165) is 5.56 Å². The molecule has 34 heavy (non-hydrogen) atoms. The molecule has 3 N–H and O–H groups in total. The predicted molar refractivity (Wildman–Crippen MR) is 126 cm³/mol. The van der Waals surface area contributed by atoms with E-state index in [0.29, 0.717) is 34.0 Å². The first-order valence-corrected chi connectivity index (χ1v) is 10.6. The number of rotatable bonds is 7. The number of ether oxygens (including phenoxy) is 2. The van der Waals surface area contributed by atoms with Crippen LogP contribution in [0.25, 0.3) is 0 Å². The van der Waals surface area contributed by atoms with Crippen molar-refractivity contribution in [2.45, 2.75) is 19.6 Å². The number of amides is 3. The second kappa shape index (κ2) is 10.1. The number of nitrogens with one attached hydrogen (secondary N) is 3. The lowest BCUT2D eigenvalue weighted by Gasteiger charge is -2.29. The van der Waals surface area contributed by atoms with Crippen LogP contribution in [0.3, 0.4) is 0 Å². The van der Waals surface area contributed by atoms with Gasteiger partial charge in [-0.05, 0) is 54.4 Å². The predicted octanol–water partition coefficient (Wildman–Crippen LogP) is 4.68. The number of urea groups is 1.